The first kappa shape index (κ1) is 11.0. The summed E-state index contributed by atoms with van der Waals surface area (Å²) in [7, 11) is 0. The zero-order valence-electron chi connectivity index (χ0n) is 9.24. The number of carbonyl (C=O) groups excluding carboxylic acids is 1. The molecule has 1 aromatic heterocycles. The van der Waals surface area contributed by atoms with E-state index in [1.807, 2.05) is 0 Å². The van der Waals surface area contributed by atoms with E-state index in [2.05, 4.69) is 14.7 Å². The van der Waals surface area contributed by atoms with Crippen molar-refractivity contribution in [3.8, 4) is 0 Å². The zero-order chi connectivity index (χ0) is 11.8. The lowest BCUT2D eigenvalue weighted by molar-refractivity contribution is -0.151. The molecule has 0 unspecified atom stereocenters. The molecule has 0 N–H and O–H groups in total. The number of esters is 1. The Bertz CT molecular complexity index is 424. The molecule has 0 spiro atoms. The van der Waals surface area contributed by atoms with Crippen LogP contribution in [0.1, 0.15) is 30.8 Å². The number of carbonyl (C=O) groups is 1. The third kappa shape index (κ3) is 1.77. The summed E-state index contributed by atoms with van der Waals surface area (Å²) in [5.41, 5.74) is -1.15. The molecule has 1 aromatic rings. The Balaban J connectivity index is 2.13. The molecule has 0 saturated heterocycles. The average molecular weight is 224 g/mol. The maximum Gasteiger partial charge on any atom is 0.344 e. The van der Waals surface area contributed by atoms with Gasteiger partial charge in [0, 0.05) is 18.3 Å². The van der Waals surface area contributed by atoms with Crippen LogP contribution in [0, 0.1) is 6.92 Å². The highest BCUT2D eigenvalue weighted by molar-refractivity contribution is 5.85. The van der Waals surface area contributed by atoms with Crippen molar-refractivity contribution >= 4 is 5.97 Å². The Kier molecular flexibility index (Phi) is 2.61. The van der Waals surface area contributed by atoms with Gasteiger partial charge in [-0.05, 0) is 19.9 Å². The molecular weight excluding hydrogens is 211 g/mol. The molecule has 16 heavy (non-hydrogen) atoms. The van der Waals surface area contributed by atoms with Crippen molar-refractivity contribution in [3.05, 3.63) is 23.8 Å². The van der Waals surface area contributed by atoms with Gasteiger partial charge in [0.1, 0.15) is 5.82 Å². The first-order valence-electron chi connectivity index (χ1n) is 5.23. The Hall–Kier alpha value is -1.52. The fourth-order valence-corrected chi connectivity index (χ4v) is 1.65. The van der Waals surface area contributed by atoms with Crippen LogP contribution in [-0.2, 0) is 9.53 Å². The number of hydrogen-bond acceptors (Lipinski definition) is 4. The molecule has 2 atom stereocenters. The summed E-state index contributed by atoms with van der Waals surface area (Å²) in [6.45, 7) is 3.64. The molecule has 4 nitrogen and oxygen atoms in total. The molecule has 0 aliphatic heterocycles. The van der Waals surface area contributed by atoms with Gasteiger partial charge in [0.15, 0.2) is 0 Å². The highest BCUT2D eigenvalue weighted by Crippen LogP contribution is 2.54. The van der Waals surface area contributed by atoms with E-state index in [-0.39, 0.29) is 13.0 Å². The van der Waals surface area contributed by atoms with Gasteiger partial charge in [0.2, 0.25) is 5.67 Å². The van der Waals surface area contributed by atoms with Crippen LogP contribution in [0.15, 0.2) is 12.3 Å². The number of nitrogens with zero attached hydrogens (tertiary/aromatic N) is 2. The largest absolute Gasteiger partial charge is 0.464 e. The molecule has 5 heteroatoms. The number of rotatable bonds is 3. The van der Waals surface area contributed by atoms with Crippen molar-refractivity contribution in [3.63, 3.8) is 0 Å². The minimum Gasteiger partial charge on any atom is -0.464 e. The Morgan fingerprint density at radius 2 is 2.50 bits per heavy atom. The maximum absolute atomic E-state index is 14.0. The summed E-state index contributed by atoms with van der Waals surface area (Å²) in [6.07, 6.45) is 1.69. The molecule has 1 aliphatic carbocycles. The quantitative estimate of drug-likeness (QED) is 0.731. The van der Waals surface area contributed by atoms with Crippen LogP contribution in [0.5, 0.6) is 0 Å². The van der Waals surface area contributed by atoms with Crippen LogP contribution in [0.3, 0.4) is 0 Å². The third-order valence-electron chi connectivity index (χ3n) is 2.63. The van der Waals surface area contributed by atoms with Crippen molar-refractivity contribution in [1.29, 1.82) is 0 Å². The third-order valence-corrected chi connectivity index (χ3v) is 2.63. The highest BCUT2D eigenvalue weighted by Gasteiger charge is 2.65. The minimum atomic E-state index is -1.91. The first-order chi connectivity index (χ1) is 7.58. The van der Waals surface area contributed by atoms with Crippen molar-refractivity contribution in [2.24, 2.45) is 0 Å². The SMILES string of the molecule is CCOC(=O)[C@@]1(F)C[C@@H]1c1nccc(C)n1. The lowest BCUT2D eigenvalue weighted by atomic mass is 10.2. The molecule has 2 rings (SSSR count). The number of alkyl halides is 1. The molecule has 86 valence electrons. The van der Waals surface area contributed by atoms with E-state index in [1.54, 1.807) is 26.1 Å². The summed E-state index contributed by atoms with van der Waals surface area (Å²) in [5, 5.41) is 0. The lowest BCUT2D eigenvalue weighted by Crippen LogP contribution is -2.22. The fraction of sp³-hybridized carbons (Fsp3) is 0.545. The number of ether oxygens (including phenoxy) is 1. The van der Waals surface area contributed by atoms with Crippen LogP contribution in [0.4, 0.5) is 4.39 Å². The van der Waals surface area contributed by atoms with Gasteiger partial charge in [-0.25, -0.2) is 19.2 Å². The van der Waals surface area contributed by atoms with Crippen LogP contribution in [0.2, 0.25) is 0 Å². The maximum atomic E-state index is 14.0. The first-order valence-corrected chi connectivity index (χ1v) is 5.23. The smallest absolute Gasteiger partial charge is 0.344 e. The van der Waals surface area contributed by atoms with Gasteiger partial charge >= 0.3 is 5.97 Å². The van der Waals surface area contributed by atoms with Crippen LogP contribution in [0.25, 0.3) is 0 Å². The molecule has 0 aromatic carbocycles. The monoisotopic (exact) mass is 224 g/mol. The van der Waals surface area contributed by atoms with Crippen molar-refractivity contribution in [2.45, 2.75) is 31.9 Å². The molecular formula is C11H13FN2O2. The Morgan fingerprint density at radius 3 is 3.12 bits per heavy atom. The second kappa shape index (κ2) is 3.81. The van der Waals surface area contributed by atoms with Crippen molar-refractivity contribution in [2.75, 3.05) is 6.61 Å². The molecule has 1 saturated carbocycles. The molecule has 0 radical (unpaired) electrons. The second-order valence-corrected chi connectivity index (χ2v) is 3.90. The van der Waals surface area contributed by atoms with Gasteiger partial charge in [-0.1, -0.05) is 0 Å². The Labute approximate surface area is 92.9 Å². The second-order valence-electron chi connectivity index (χ2n) is 3.90. The van der Waals surface area contributed by atoms with Crippen molar-refractivity contribution in [1.82, 2.24) is 9.97 Å². The van der Waals surface area contributed by atoms with E-state index in [0.29, 0.717) is 5.82 Å². The van der Waals surface area contributed by atoms with E-state index < -0.39 is 17.6 Å². The standard InChI is InChI=1S/C11H13FN2O2/c1-3-16-10(15)11(12)6-8(11)9-13-5-4-7(2)14-9/h4-5,8H,3,6H2,1-2H3/t8-,11-/m1/s1. The van der Waals surface area contributed by atoms with Crippen LogP contribution >= 0.6 is 0 Å². The summed E-state index contributed by atoms with van der Waals surface area (Å²) in [6, 6.07) is 1.73. The summed E-state index contributed by atoms with van der Waals surface area (Å²) >= 11 is 0. The fourth-order valence-electron chi connectivity index (χ4n) is 1.65. The normalized spacial score (nSPS) is 27.6. The van der Waals surface area contributed by atoms with Crippen LogP contribution < -0.4 is 0 Å². The number of aromatic nitrogens is 2. The van der Waals surface area contributed by atoms with Gasteiger partial charge in [-0.3, -0.25) is 0 Å². The van der Waals surface area contributed by atoms with E-state index >= 15 is 0 Å². The summed E-state index contributed by atoms with van der Waals surface area (Å²) in [5.74, 6) is -0.966. The van der Waals surface area contributed by atoms with Gasteiger partial charge in [0.25, 0.3) is 0 Å². The summed E-state index contributed by atoms with van der Waals surface area (Å²) < 4.78 is 18.7. The zero-order valence-corrected chi connectivity index (χ0v) is 9.24. The minimum absolute atomic E-state index is 0.120. The highest BCUT2D eigenvalue weighted by atomic mass is 19.1. The van der Waals surface area contributed by atoms with Gasteiger partial charge in [-0.15, -0.1) is 0 Å². The van der Waals surface area contributed by atoms with Gasteiger partial charge in [-0.2, -0.15) is 0 Å². The van der Waals surface area contributed by atoms with Gasteiger partial charge < -0.3 is 4.74 Å². The van der Waals surface area contributed by atoms with E-state index in [0.717, 1.165) is 5.69 Å². The number of halogens is 1. The summed E-state index contributed by atoms with van der Waals surface area (Å²) in [4.78, 5) is 19.4. The average Bonchev–Trinajstić information content (AvgIpc) is 2.93. The van der Waals surface area contributed by atoms with Crippen molar-refractivity contribution < 1.29 is 13.9 Å². The van der Waals surface area contributed by atoms with Gasteiger partial charge in [0.05, 0.1) is 12.5 Å². The van der Waals surface area contributed by atoms with E-state index in [9.17, 15) is 9.18 Å². The molecule has 1 fully saturated rings. The number of aryl methyl sites for hydroxylation is 1. The number of hydrogen-bond donors (Lipinski definition) is 0. The predicted octanol–water partition coefficient (Wildman–Crippen LogP) is 1.54. The topological polar surface area (TPSA) is 52.1 Å². The van der Waals surface area contributed by atoms with E-state index in [1.165, 1.54) is 0 Å². The molecule has 1 aliphatic rings. The molecule has 0 bridgehead atoms. The lowest BCUT2D eigenvalue weighted by Gasteiger charge is -2.06. The van der Waals surface area contributed by atoms with E-state index in [4.69, 9.17) is 0 Å². The molecule has 1 heterocycles. The van der Waals surface area contributed by atoms with Crippen LogP contribution in [-0.4, -0.2) is 28.2 Å². The predicted molar refractivity (Wildman–Crippen MR) is 54.6 cm³/mol. The Morgan fingerprint density at radius 1 is 1.75 bits per heavy atom. The molecule has 0 amide bonds.